The first-order chi connectivity index (χ1) is 7.34. The first-order valence-corrected chi connectivity index (χ1v) is 6.14. The van der Waals surface area contributed by atoms with E-state index in [0.717, 1.165) is 23.6 Å². The van der Waals surface area contributed by atoms with Gasteiger partial charge in [-0.1, -0.05) is 0 Å². The van der Waals surface area contributed by atoms with E-state index in [1.807, 2.05) is 6.07 Å². The van der Waals surface area contributed by atoms with Crippen LogP contribution in [0.2, 0.25) is 0 Å². The van der Waals surface area contributed by atoms with Gasteiger partial charge in [0.15, 0.2) is 0 Å². The Morgan fingerprint density at radius 3 is 2.40 bits per heavy atom. The average Bonchev–Trinajstić information content (AvgIpc) is 3.15. The number of hydrogen-bond donors (Lipinski definition) is 1. The molecule has 0 saturated heterocycles. The van der Waals surface area contributed by atoms with Crippen LogP contribution in [0.25, 0.3) is 0 Å². The third-order valence-electron chi connectivity index (χ3n) is 3.67. The van der Waals surface area contributed by atoms with Gasteiger partial charge in [-0.05, 0) is 56.6 Å². The van der Waals surface area contributed by atoms with Crippen molar-refractivity contribution in [1.29, 1.82) is 0 Å². The molecule has 1 heterocycles. The molecule has 0 radical (unpaired) electrons. The van der Waals surface area contributed by atoms with E-state index < -0.39 is 0 Å². The molecule has 2 saturated carbocycles. The van der Waals surface area contributed by atoms with Crippen molar-refractivity contribution in [3.05, 3.63) is 24.2 Å². The maximum atomic E-state index is 5.43. The van der Waals surface area contributed by atoms with Gasteiger partial charge in [-0.15, -0.1) is 0 Å². The van der Waals surface area contributed by atoms with E-state index in [2.05, 4.69) is 18.3 Å². The van der Waals surface area contributed by atoms with Crippen molar-refractivity contribution in [2.24, 2.45) is 11.8 Å². The summed E-state index contributed by atoms with van der Waals surface area (Å²) in [5.74, 6) is 2.98. The highest BCUT2D eigenvalue weighted by Gasteiger charge is 2.41. The van der Waals surface area contributed by atoms with E-state index in [9.17, 15) is 0 Å². The Hall–Kier alpha value is -0.760. The highest BCUT2D eigenvalue weighted by molar-refractivity contribution is 5.06. The van der Waals surface area contributed by atoms with Crippen LogP contribution in [-0.2, 0) is 0 Å². The van der Waals surface area contributed by atoms with Crippen molar-refractivity contribution in [3.8, 4) is 0 Å². The summed E-state index contributed by atoms with van der Waals surface area (Å²) in [6.45, 7) is 2.20. The molecule has 82 valence electrons. The zero-order chi connectivity index (χ0) is 10.3. The summed E-state index contributed by atoms with van der Waals surface area (Å²) in [5, 5.41) is 3.75. The molecule has 2 nitrogen and oxygen atoms in total. The lowest BCUT2D eigenvalue weighted by Gasteiger charge is -2.21. The molecule has 15 heavy (non-hydrogen) atoms. The highest BCUT2D eigenvalue weighted by Crippen LogP contribution is 2.45. The van der Waals surface area contributed by atoms with Crippen molar-refractivity contribution in [2.45, 2.75) is 44.7 Å². The SMILES string of the molecule is C[C@@H](NC(C1CC1)C1CC1)c1ccco1. The Morgan fingerprint density at radius 2 is 1.93 bits per heavy atom. The summed E-state index contributed by atoms with van der Waals surface area (Å²) < 4.78 is 5.43. The van der Waals surface area contributed by atoms with Crippen molar-refractivity contribution >= 4 is 0 Å². The van der Waals surface area contributed by atoms with E-state index in [1.54, 1.807) is 6.26 Å². The Bertz CT molecular complexity index is 299. The normalized spacial score (nSPS) is 23.3. The second-order valence-corrected chi connectivity index (χ2v) is 5.10. The Kier molecular flexibility index (Phi) is 2.32. The molecule has 2 aliphatic rings. The molecule has 0 spiro atoms. The van der Waals surface area contributed by atoms with Crippen molar-refractivity contribution in [1.82, 2.24) is 5.32 Å². The van der Waals surface area contributed by atoms with Gasteiger partial charge in [-0.2, -0.15) is 0 Å². The van der Waals surface area contributed by atoms with Crippen LogP contribution in [0.15, 0.2) is 22.8 Å². The Morgan fingerprint density at radius 1 is 1.27 bits per heavy atom. The van der Waals surface area contributed by atoms with Crippen molar-refractivity contribution in [3.63, 3.8) is 0 Å². The molecule has 0 aromatic carbocycles. The molecule has 2 fully saturated rings. The van der Waals surface area contributed by atoms with Crippen LogP contribution in [0.1, 0.15) is 44.4 Å². The molecule has 0 amide bonds. The fourth-order valence-electron chi connectivity index (χ4n) is 2.48. The van der Waals surface area contributed by atoms with Crippen molar-refractivity contribution < 1.29 is 4.42 Å². The van der Waals surface area contributed by atoms with Crippen LogP contribution >= 0.6 is 0 Å². The second-order valence-electron chi connectivity index (χ2n) is 5.10. The second kappa shape index (κ2) is 3.67. The quantitative estimate of drug-likeness (QED) is 0.799. The Labute approximate surface area is 91.0 Å². The van der Waals surface area contributed by atoms with Crippen LogP contribution in [0.5, 0.6) is 0 Å². The van der Waals surface area contributed by atoms with Crippen LogP contribution in [0, 0.1) is 11.8 Å². The minimum atomic E-state index is 0.367. The lowest BCUT2D eigenvalue weighted by atomic mass is 10.1. The van der Waals surface area contributed by atoms with Gasteiger partial charge in [0.1, 0.15) is 5.76 Å². The zero-order valence-corrected chi connectivity index (χ0v) is 9.28. The summed E-state index contributed by atoms with van der Waals surface area (Å²) in [4.78, 5) is 0. The minimum Gasteiger partial charge on any atom is -0.468 e. The smallest absolute Gasteiger partial charge is 0.120 e. The lowest BCUT2D eigenvalue weighted by molar-refractivity contribution is 0.342. The summed E-state index contributed by atoms with van der Waals surface area (Å²) >= 11 is 0. The summed E-state index contributed by atoms with van der Waals surface area (Å²) in [6, 6.07) is 5.15. The minimum absolute atomic E-state index is 0.367. The fourth-order valence-corrected chi connectivity index (χ4v) is 2.48. The van der Waals surface area contributed by atoms with Gasteiger partial charge in [-0.25, -0.2) is 0 Å². The number of furan rings is 1. The standard InChI is InChI=1S/C13H19NO/c1-9(12-3-2-8-15-12)14-13(10-4-5-10)11-6-7-11/h2-3,8-11,13-14H,4-7H2,1H3/t9-/m1/s1. The zero-order valence-electron chi connectivity index (χ0n) is 9.28. The monoisotopic (exact) mass is 205 g/mol. The molecular weight excluding hydrogens is 186 g/mol. The van der Waals surface area contributed by atoms with Crippen LogP contribution in [0.3, 0.4) is 0 Å². The molecular formula is C13H19NO. The highest BCUT2D eigenvalue weighted by atomic mass is 16.3. The molecule has 1 atom stereocenters. The van der Waals surface area contributed by atoms with Gasteiger partial charge in [0.25, 0.3) is 0 Å². The lowest BCUT2D eigenvalue weighted by Crippen LogP contribution is -2.35. The predicted molar refractivity (Wildman–Crippen MR) is 59.5 cm³/mol. The average molecular weight is 205 g/mol. The van der Waals surface area contributed by atoms with Gasteiger partial charge >= 0.3 is 0 Å². The van der Waals surface area contributed by atoms with E-state index in [-0.39, 0.29) is 0 Å². The van der Waals surface area contributed by atoms with Gasteiger partial charge in [0.05, 0.1) is 12.3 Å². The van der Waals surface area contributed by atoms with E-state index in [4.69, 9.17) is 4.42 Å². The third-order valence-corrected chi connectivity index (χ3v) is 3.67. The number of hydrogen-bond acceptors (Lipinski definition) is 2. The van der Waals surface area contributed by atoms with E-state index >= 15 is 0 Å². The third kappa shape index (κ3) is 2.10. The van der Waals surface area contributed by atoms with E-state index in [1.165, 1.54) is 25.7 Å². The van der Waals surface area contributed by atoms with E-state index in [0.29, 0.717) is 6.04 Å². The number of rotatable bonds is 5. The molecule has 1 aromatic heterocycles. The molecule has 0 aliphatic heterocycles. The molecule has 0 unspecified atom stereocenters. The molecule has 3 rings (SSSR count). The van der Waals surface area contributed by atoms with Crippen LogP contribution < -0.4 is 5.32 Å². The summed E-state index contributed by atoms with van der Waals surface area (Å²) in [6.07, 6.45) is 7.48. The topological polar surface area (TPSA) is 25.2 Å². The van der Waals surface area contributed by atoms with Crippen LogP contribution in [-0.4, -0.2) is 6.04 Å². The van der Waals surface area contributed by atoms with Gasteiger partial charge in [0, 0.05) is 6.04 Å². The predicted octanol–water partition coefficient (Wildman–Crippen LogP) is 3.12. The molecule has 2 heteroatoms. The molecule has 0 bridgehead atoms. The molecule has 2 aliphatic carbocycles. The summed E-state index contributed by atoms with van der Waals surface area (Å²) in [5.41, 5.74) is 0. The molecule has 1 N–H and O–H groups in total. The largest absolute Gasteiger partial charge is 0.468 e. The summed E-state index contributed by atoms with van der Waals surface area (Å²) in [7, 11) is 0. The first-order valence-electron chi connectivity index (χ1n) is 6.14. The first kappa shape index (κ1) is 9.46. The fraction of sp³-hybridized carbons (Fsp3) is 0.692. The van der Waals surface area contributed by atoms with Gasteiger partial charge < -0.3 is 9.73 Å². The maximum Gasteiger partial charge on any atom is 0.120 e. The molecule has 1 aromatic rings. The van der Waals surface area contributed by atoms with Crippen molar-refractivity contribution in [2.75, 3.05) is 0 Å². The van der Waals surface area contributed by atoms with Crippen LogP contribution in [0.4, 0.5) is 0 Å². The maximum absolute atomic E-state index is 5.43. The Balaban J connectivity index is 1.62. The number of nitrogens with one attached hydrogen (secondary N) is 1. The van der Waals surface area contributed by atoms with Gasteiger partial charge in [0.2, 0.25) is 0 Å². The van der Waals surface area contributed by atoms with Gasteiger partial charge in [-0.3, -0.25) is 0 Å².